The van der Waals surface area contributed by atoms with Crippen molar-refractivity contribution in [3.8, 4) is 0 Å². The summed E-state index contributed by atoms with van der Waals surface area (Å²) in [5, 5.41) is 2.07. The summed E-state index contributed by atoms with van der Waals surface area (Å²) in [6, 6.07) is 17.3. The predicted octanol–water partition coefficient (Wildman–Crippen LogP) is 7.41. The Labute approximate surface area is 205 Å². The van der Waals surface area contributed by atoms with Crippen molar-refractivity contribution in [2.45, 2.75) is 31.2 Å². The van der Waals surface area contributed by atoms with E-state index < -0.39 is 0 Å². The second-order valence-corrected chi connectivity index (χ2v) is 10.3. The molecule has 1 amide bonds. The van der Waals surface area contributed by atoms with Crippen LogP contribution in [0.2, 0.25) is 10.0 Å². The van der Waals surface area contributed by atoms with Gasteiger partial charge in [-0.1, -0.05) is 40.6 Å². The first-order chi connectivity index (χ1) is 15.5. The van der Waals surface area contributed by atoms with E-state index in [1.807, 2.05) is 61.5 Å². The summed E-state index contributed by atoms with van der Waals surface area (Å²) in [5.41, 5.74) is 2.71. The fourth-order valence-corrected chi connectivity index (χ4v) is 5.67. The number of thioether (sulfide) groups is 1. The number of hydrogen-bond donors (Lipinski definition) is 0. The van der Waals surface area contributed by atoms with E-state index in [0.717, 1.165) is 43.6 Å². The van der Waals surface area contributed by atoms with Crippen molar-refractivity contribution in [1.82, 2.24) is 9.97 Å². The molecule has 4 nitrogen and oxygen atoms in total. The van der Waals surface area contributed by atoms with Crippen LogP contribution in [-0.2, 0) is 11.3 Å². The van der Waals surface area contributed by atoms with E-state index in [-0.39, 0.29) is 5.91 Å². The summed E-state index contributed by atoms with van der Waals surface area (Å²) in [5.74, 6) is 0.884. The summed E-state index contributed by atoms with van der Waals surface area (Å²) in [4.78, 5) is 25.3. The van der Waals surface area contributed by atoms with Crippen LogP contribution in [0.25, 0.3) is 10.2 Å². The molecule has 8 heteroatoms. The molecule has 0 bridgehead atoms. The van der Waals surface area contributed by atoms with Crippen molar-refractivity contribution in [1.29, 1.82) is 0 Å². The number of carbonyl (C=O) groups excluding carboxylic acids is 1. The van der Waals surface area contributed by atoms with E-state index in [9.17, 15) is 4.79 Å². The van der Waals surface area contributed by atoms with Crippen LogP contribution >= 0.6 is 46.3 Å². The van der Waals surface area contributed by atoms with Gasteiger partial charge in [0, 0.05) is 27.6 Å². The van der Waals surface area contributed by atoms with Crippen molar-refractivity contribution in [3.05, 3.63) is 82.1 Å². The maximum absolute atomic E-state index is 13.2. The van der Waals surface area contributed by atoms with Gasteiger partial charge < -0.3 is 0 Å². The molecule has 0 aliphatic rings. The topological polar surface area (TPSA) is 46.1 Å². The van der Waals surface area contributed by atoms with Crippen LogP contribution in [-0.4, -0.2) is 21.6 Å². The third-order valence-corrected chi connectivity index (χ3v) is 7.43. The number of hydrogen-bond acceptors (Lipinski definition) is 5. The van der Waals surface area contributed by atoms with Crippen LogP contribution in [0.5, 0.6) is 0 Å². The van der Waals surface area contributed by atoms with Gasteiger partial charge in [-0.15, -0.1) is 11.8 Å². The Hall–Kier alpha value is -2.12. The highest BCUT2D eigenvalue weighted by atomic mass is 35.5. The average Bonchev–Trinajstić information content (AvgIpc) is 3.21. The van der Waals surface area contributed by atoms with Crippen molar-refractivity contribution in [2.24, 2.45) is 0 Å². The second kappa shape index (κ2) is 10.7. The van der Waals surface area contributed by atoms with Gasteiger partial charge in [0.05, 0.1) is 22.5 Å². The number of amides is 1. The molecule has 0 saturated carbocycles. The lowest BCUT2D eigenvalue weighted by Gasteiger charge is -2.19. The largest absolute Gasteiger partial charge is 0.282 e. The molecule has 0 N–H and O–H groups in total. The van der Waals surface area contributed by atoms with Crippen LogP contribution in [0.3, 0.4) is 0 Å². The number of rotatable bonds is 8. The molecule has 32 heavy (non-hydrogen) atoms. The van der Waals surface area contributed by atoms with Crippen LogP contribution in [0.1, 0.15) is 24.1 Å². The quantitative estimate of drug-likeness (QED) is 0.186. The molecule has 2 heterocycles. The molecule has 2 aromatic heterocycles. The van der Waals surface area contributed by atoms with Crippen molar-refractivity contribution in [2.75, 3.05) is 10.7 Å². The minimum Gasteiger partial charge on any atom is -0.282 e. The molecule has 0 saturated heterocycles. The molecule has 0 radical (unpaired) electrons. The van der Waals surface area contributed by atoms with Crippen LogP contribution in [0, 0.1) is 6.92 Å². The summed E-state index contributed by atoms with van der Waals surface area (Å²) in [6.45, 7) is 2.37. The molecule has 0 spiro atoms. The number of aromatic nitrogens is 2. The molecule has 164 valence electrons. The molecule has 2 aromatic carbocycles. The normalized spacial score (nSPS) is 11.1. The minimum absolute atomic E-state index is 0.0372. The van der Waals surface area contributed by atoms with Crippen LogP contribution in [0.4, 0.5) is 5.13 Å². The smallest absolute Gasteiger partial charge is 0.229 e. The predicted molar refractivity (Wildman–Crippen MR) is 136 cm³/mol. The Morgan fingerprint density at radius 2 is 1.91 bits per heavy atom. The highest BCUT2D eigenvalue weighted by Crippen LogP contribution is 2.34. The molecule has 0 unspecified atom stereocenters. The standard InChI is InChI=1S/C24H21Cl2N3OS2/c1-16-13-18(26)14-21-23(16)28-24(32-21)29(15-19-5-2-3-11-27-19)22(30)6-4-12-31-20-9-7-17(25)8-10-20/h2-3,5,7-11,13-14H,4,6,12,15H2,1H3. The first-order valence-corrected chi connectivity index (χ1v) is 12.7. The van der Waals surface area contributed by atoms with E-state index in [0.29, 0.717) is 23.1 Å². The number of fused-ring (bicyclic) bond motifs is 1. The number of aryl methyl sites for hydroxylation is 1. The zero-order valence-electron chi connectivity index (χ0n) is 17.4. The number of thiazole rings is 1. The molecular formula is C24H21Cl2N3OS2. The van der Waals surface area contributed by atoms with E-state index in [1.54, 1.807) is 22.9 Å². The monoisotopic (exact) mass is 501 g/mol. The summed E-state index contributed by atoms with van der Waals surface area (Å²) in [6.07, 6.45) is 2.94. The van der Waals surface area contributed by atoms with Gasteiger partial charge >= 0.3 is 0 Å². The lowest BCUT2D eigenvalue weighted by Crippen LogP contribution is -2.30. The number of nitrogens with zero attached hydrogens (tertiary/aromatic N) is 3. The molecule has 0 atom stereocenters. The van der Waals surface area contributed by atoms with Gasteiger partial charge in [-0.2, -0.15) is 0 Å². The number of anilines is 1. The molecule has 4 aromatic rings. The summed E-state index contributed by atoms with van der Waals surface area (Å²) < 4.78 is 0.974. The Morgan fingerprint density at radius 3 is 2.66 bits per heavy atom. The summed E-state index contributed by atoms with van der Waals surface area (Å²) >= 11 is 15.4. The number of halogens is 2. The van der Waals surface area contributed by atoms with Crippen molar-refractivity contribution in [3.63, 3.8) is 0 Å². The third kappa shape index (κ3) is 5.81. The lowest BCUT2D eigenvalue weighted by molar-refractivity contribution is -0.118. The lowest BCUT2D eigenvalue weighted by atomic mass is 10.2. The first kappa shape index (κ1) is 23.1. The SMILES string of the molecule is Cc1cc(Cl)cc2sc(N(Cc3ccccn3)C(=O)CCCSc3ccc(Cl)cc3)nc12. The van der Waals surface area contributed by atoms with Gasteiger partial charge in [0.1, 0.15) is 0 Å². The molecular weight excluding hydrogens is 481 g/mol. The van der Waals surface area contributed by atoms with Gasteiger partial charge in [-0.25, -0.2) is 4.98 Å². The van der Waals surface area contributed by atoms with Gasteiger partial charge in [0.2, 0.25) is 5.91 Å². The van der Waals surface area contributed by atoms with E-state index in [2.05, 4.69) is 4.98 Å². The maximum Gasteiger partial charge on any atom is 0.229 e. The molecule has 0 fully saturated rings. The Kier molecular flexibility index (Phi) is 7.68. The van der Waals surface area contributed by atoms with Gasteiger partial charge in [-0.3, -0.25) is 14.7 Å². The Balaban J connectivity index is 1.49. The van der Waals surface area contributed by atoms with Gasteiger partial charge in [0.15, 0.2) is 5.13 Å². The molecule has 4 rings (SSSR count). The zero-order valence-corrected chi connectivity index (χ0v) is 20.6. The Morgan fingerprint density at radius 1 is 1.09 bits per heavy atom. The number of pyridine rings is 1. The fraction of sp³-hybridized carbons (Fsp3) is 0.208. The van der Waals surface area contributed by atoms with Gasteiger partial charge in [0.25, 0.3) is 0 Å². The Bertz CT molecular complexity index is 1210. The van der Waals surface area contributed by atoms with E-state index in [4.69, 9.17) is 28.2 Å². The van der Waals surface area contributed by atoms with Crippen LogP contribution in [0.15, 0.2) is 65.7 Å². The van der Waals surface area contributed by atoms with Crippen LogP contribution < -0.4 is 4.90 Å². The van der Waals surface area contributed by atoms with Crippen molar-refractivity contribution >= 4 is 67.6 Å². The van der Waals surface area contributed by atoms with E-state index in [1.165, 1.54) is 11.3 Å². The number of benzene rings is 2. The molecule has 0 aliphatic carbocycles. The average molecular weight is 502 g/mol. The molecule has 0 aliphatic heterocycles. The summed E-state index contributed by atoms with van der Waals surface area (Å²) in [7, 11) is 0. The fourth-order valence-electron chi connectivity index (χ4n) is 3.25. The third-order valence-electron chi connectivity index (χ3n) is 4.83. The second-order valence-electron chi connectivity index (χ2n) is 7.27. The first-order valence-electron chi connectivity index (χ1n) is 10.1. The van der Waals surface area contributed by atoms with Gasteiger partial charge in [-0.05, 0) is 73.2 Å². The maximum atomic E-state index is 13.2. The van der Waals surface area contributed by atoms with Crippen molar-refractivity contribution < 1.29 is 4.79 Å². The number of carbonyl (C=O) groups is 1. The highest BCUT2D eigenvalue weighted by Gasteiger charge is 2.21. The highest BCUT2D eigenvalue weighted by molar-refractivity contribution is 7.99. The minimum atomic E-state index is 0.0372. The van der Waals surface area contributed by atoms with E-state index >= 15 is 0 Å². The zero-order chi connectivity index (χ0) is 22.5.